The van der Waals surface area contributed by atoms with Crippen LogP contribution in [-0.2, 0) is 10.1 Å². The van der Waals surface area contributed by atoms with Crippen LogP contribution in [0.5, 0.6) is 11.5 Å². The molecule has 2 rings (SSSR count). The summed E-state index contributed by atoms with van der Waals surface area (Å²) >= 11 is 9.32. The van der Waals surface area contributed by atoms with Crippen LogP contribution in [0.15, 0.2) is 39.7 Å². The highest BCUT2D eigenvalue weighted by molar-refractivity contribution is 9.10. The third-order valence-corrected chi connectivity index (χ3v) is 5.37. The smallest absolute Gasteiger partial charge is 0.342 e. The lowest BCUT2D eigenvalue weighted by Crippen LogP contribution is -2.11. The van der Waals surface area contributed by atoms with E-state index in [-0.39, 0.29) is 16.4 Å². The van der Waals surface area contributed by atoms with Crippen LogP contribution < -0.4 is 8.92 Å². The van der Waals surface area contributed by atoms with Crippen molar-refractivity contribution in [3.63, 3.8) is 0 Å². The van der Waals surface area contributed by atoms with E-state index in [2.05, 4.69) is 15.9 Å². The highest BCUT2D eigenvalue weighted by atomic mass is 79.9. The number of benzene rings is 2. The summed E-state index contributed by atoms with van der Waals surface area (Å²) < 4.78 is 35.9. The molecule has 22 heavy (non-hydrogen) atoms. The van der Waals surface area contributed by atoms with E-state index in [0.717, 1.165) is 11.1 Å². The van der Waals surface area contributed by atoms with Gasteiger partial charge < -0.3 is 8.92 Å². The summed E-state index contributed by atoms with van der Waals surface area (Å²) in [6.07, 6.45) is 0. The number of hydrogen-bond donors (Lipinski definition) is 0. The Balaban J connectivity index is 2.46. The quantitative estimate of drug-likeness (QED) is 0.703. The number of ether oxygens (including phenoxy) is 1. The molecule has 0 saturated heterocycles. The van der Waals surface area contributed by atoms with Crippen LogP contribution in [0.3, 0.4) is 0 Å². The minimum atomic E-state index is -4.02. The molecule has 118 valence electrons. The maximum atomic E-state index is 12.5. The lowest BCUT2D eigenvalue weighted by molar-refractivity contribution is 0.398. The maximum absolute atomic E-state index is 12.5. The summed E-state index contributed by atoms with van der Waals surface area (Å²) in [7, 11) is -2.62. The lowest BCUT2D eigenvalue weighted by Gasteiger charge is -2.12. The first-order chi connectivity index (χ1) is 10.2. The minimum Gasteiger partial charge on any atom is -0.495 e. The summed E-state index contributed by atoms with van der Waals surface area (Å²) in [4.78, 5) is -0.0466. The number of methoxy groups -OCH3 is 1. The van der Waals surface area contributed by atoms with Gasteiger partial charge in [0, 0.05) is 9.50 Å². The zero-order valence-electron chi connectivity index (χ0n) is 12.2. The standard InChI is InChI=1S/C15H14BrClO4S/c1-9-6-12(7-10(2)15(9)17)21-22(18,19)14-8-11(16)4-5-13(14)20-3/h4-8H,1-3H3. The zero-order chi connectivity index (χ0) is 16.5. The van der Waals surface area contributed by atoms with Gasteiger partial charge in [0.05, 0.1) is 7.11 Å². The monoisotopic (exact) mass is 404 g/mol. The second-order valence-electron chi connectivity index (χ2n) is 4.70. The van der Waals surface area contributed by atoms with Crippen LogP contribution in [0.25, 0.3) is 0 Å². The average molecular weight is 406 g/mol. The van der Waals surface area contributed by atoms with Crippen molar-refractivity contribution in [1.82, 2.24) is 0 Å². The van der Waals surface area contributed by atoms with Gasteiger partial charge in [-0.1, -0.05) is 27.5 Å². The summed E-state index contributed by atoms with van der Waals surface area (Å²) in [6, 6.07) is 7.84. The second kappa shape index (κ2) is 6.48. The first-order valence-corrected chi connectivity index (χ1v) is 8.87. The Kier molecular flexibility index (Phi) is 5.04. The van der Waals surface area contributed by atoms with Crippen molar-refractivity contribution in [3.8, 4) is 11.5 Å². The van der Waals surface area contributed by atoms with Crippen molar-refractivity contribution in [1.29, 1.82) is 0 Å². The number of rotatable bonds is 4. The molecule has 0 atom stereocenters. The molecule has 2 aromatic carbocycles. The van der Waals surface area contributed by atoms with Crippen LogP contribution in [0.1, 0.15) is 11.1 Å². The van der Waals surface area contributed by atoms with E-state index in [1.807, 2.05) is 0 Å². The predicted molar refractivity (Wildman–Crippen MR) is 89.4 cm³/mol. The van der Waals surface area contributed by atoms with Crippen molar-refractivity contribution in [2.24, 2.45) is 0 Å². The van der Waals surface area contributed by atoms with Gasteiger partial charge in [0.15, 0.2) is 0 Å². The molecule has 0 aromatic heterocycles. The minimum absolute atomic E-state index is 0.0466. The predicted octanol–water partition coefficient (Wildman–Crippen LogP) is 4.50. The molecular weight excluding hydrogens is 392 g/mol. The molecule has 2 aromatic rings. The molecule has 0 aliphatic rings. The summed E-state index contributed by atoms with van der Waals surface area (Å²) in [5.41, 5.74) is 1.49. The Morgan fingerprint density at radius 2 is 1.68 bits per heavy atom. The molecule has 0 aliphatic heterocycles. The Morgan fingerprint density at radius 3 is 2.23 bits per heavy atom. The van der Waals surface area contributed by atoms with E-state index in [9.17, 15) is 8.42 Å². The molecule has 0 N–H and O–H groups in total. The molecule has 0 radical (unpaired) electrons. The van der Waals surface area contributed by atoms with Crippen LogP contribution >= 0.6 is 27.5 Å². The number of hydrogen-bond acceptors (Lipinski definition) is 4. The molecule has 0 amide bonds. The molecule has 4 nitrogen and oxygen atoms in total. The van der Waals surface area contributed by atoms with Gasteiger partial charge in [0.1, 0.15) is 16.4 Å². The molecule has 0 spiro atoms. The largest absolute Gasteiger partial charge is 0.495 e. The third-order valence-electron chi connectivity index (χ3n) is 3.01. The molecule has 0 saturated carbocycles. The van der Waals surface area contributed by atoms with E-state index >= 15 is 0 Å². The van der Waals surface area contributed by atoms with Gasteiger partial charge in [0.2, 0.25) is 0 Å². The Bertz CT molecular complexity index is 795. The van der Waals surface area contributed by atoms with E-state index in [1.54, 1.807) is 38.1 Å². The normalized spacial score (nSPS) is 11.3. The molecular formula is C15H14BrClO4S. The SMILES string of the molecule is COc1ccc(Br)cc1S(=O)(=O)Oc1cc(C)c(Cl)c(C)c1. The second-order valence-corrected chi connectivity index (χ2v) is 7.51. The van der Waals surface area contributed by atoms with E-state index in [4.69, 9.17) is 20.5 Å². The van der Waals surface area contributed by atoms with Gasteiger partial charge in [0.25, 0.3) is 0 Å². The lowest BCUT2D eigenvalue weighted by atomic mass is 10.1. The van der Waals surface area contributed by atoms with Crippen LogP contribution in [0.4, 0.5) is 0 Å². The van der Waals surface area contributed by atoms with Crippen molar-refractivity contribution in [2.45, 2.75) is 18.7 Å². The van der Waals surface area contributed by atoms with Crippen LogP contribution in [0, 0.1) is 13.8 Å². The molecule has 0 heterocycles. The zero-order valence-corrected chi connectivity index (χ0v) is 15.3. The van der Waals surface area contributed by atoms with Crippen molar-refractivity contribution >= 4 is 37.6 Å². The van der Waals surface area contributed by atoms with Gasteiger partial charge in [-0.05, 0) is 55.3 Å². The van der Waals surface area contributed by atoms with Gasteiger partial charge in [-0.25, -0.2) is 0 Å². The van der Waals surface area contributed by atoms with Gasteiger partial charge in [-0.2, -0.15) is 8.42 Å². The summed E-state index contributed by atoms with van der Waals surface area (Å²) in [6.45, 7) is 3.57. The topological polar surface area (TPSA) is 52.6 Å². The van der Waals surface area contributed by atoms with Crippen molar-refractivity contribution in [2.75, 3.05) is 7.11 Å². The molecule has 0 unspecified atom stereocenters. The first kappa shape index (κ1) is 17.1. The van der Waals surface area contributed by atoms with Gasteiger partial charge in [-0.15, -0.1) is 0 Å². The maximum Gasteiger partial charge on any atom is 0.342 e. The summed E-state index contributed by atoms with van der Waals surface area (Å²) in [5, 5.41) is 0.588. The van der Waals surface area contributed by atoms with E-state index in [1.165, 1.54) is 13.2 Å². The van der Waals surface area contributed by atoms with Gasteiger partial charge in [-0.3, -0.25) is 0 Å². The molecule has 0 bridgehead atoms. The van der Waals surface area contributed by atoms with E-state index < -0.39 is 10.1 Å². The Morgan fingerprint density at radius 1 is 1.09 bits per heavy atom. The van der Waals surface area contributed by atoms with Crippen molar-refractivity contribution in [3.05, 3.63) is 51.0 Å². The summed E-state index contributed by atoms with van der Waals surface area (Å²) in [5.74, 6) is 0.423. The highest BCUT2D eigenvalue weighted by Crippen LogP contribution is 2.32. The van der Waals surface area contributed by atoms with Crippen LogP contribution in [-0.4, -0.2) is 15.5 Å². The number of halogens is 2. The fraction of sp³-hybridized carbons (Fsp3) is 0.200. The van der Waals surface area contributed by atoms with Crippen molar-refractivity contribution < 1.29 is 17.3 Å². The fourth-order valence-corrected chi connectivity index (χ4v) is 3.70. The Labute approximate surface area is 143 Å². The molecule has 0 fully saturated rings. The molecule has 0 aliphatic carbocycles. The first-order valence-electron chi connectivity index (χ1n) is 6.29. The number of aryl methyl sites for hydroxylation is 2. The van der Waals surface area contributed by atoms with Crippen LogP contribution in [0.2, 0.25) is 5.02 Å². The highest BCUT2D eigenvalue weighted by Gasteiger charge is 2.23. The van der Waals surface area contributed by atoms with E-state index in [0.29, 0.717) is 9.50 Å². The Hall–Kier alpha value is -1.24. The molecule has 7 heteroatoms. The average Bonchev–Trinajstić information content (AvgIpc) is 2.44. The third kappa shape index (κ3) is 3.56. The van der Waals surface area contributed by atoms with Gasteiger partial charge >= 0.3 is 10.1 Å². The fourth-order valence-electron chi connectivity index (χ4n) is 1.97.